The molecule has 0 fully saturated rings. The number of hydrogen-bond donors (Lipinski definition) is 2. The Hall–Kier alpha value is -4.52. The fourth-order valence-electron chi connectivity index (χ4n) is 3.19. The van der Waals surface area contributed by atoms with Crippen LogP contribution in [-0.4, -0.2) is 27.3 Å². The Kier molecular flexibility index (Phi) is 7.07. The van der Waals surface area contributed by atoms with Gasteiger partial charge in [-0.25, -0.2) is 8.42 Å². The number of hydrogen-bond acceptors (Lipinski definition) is 7. The van der Waals surface area contributed by atoms with Crippen molar-refractivity contribution in [2.45, 2.75) is 11.3 Å². The number of carbonyl (C=O) groups is 1. The minimum atomic E-state index is -4.90. The number of benzene rings is 3. The van der Waals surface area contributed by atoms with Gasteiger partial charge < -0.3 is 19.2 Å². The van der Waals surface area contributed by atoms with Crippen LogP contribution >= 0.6 is 0 Å². The van der Waals surface area contributed by atoms with Crippen LogP contribution in [0.5, 0.6) is 11.5 Å². The number of fused-ring (bicyclic) bond motifs is 1. The minimum Gasteiger partial charge on any atom is -0.484 e. The number of ether oxygens (including phenoxy) is 2. The number of anilines is 2. The van der Waals surface area contributed by atoms with Gasteiger partial charge >= 0.3 is 6.36 Å². The molecular weight excluding hydrogens is 517 g/mol. The summed E-state index contributed by atoms with van der Waals surface area (Å²) in [5.41, 5.74) is 0.438. The van der Waals surface area contributed by atoms with Gasteiger partial charge in [0.1, 0.15) is 17.1 Å². The van der Waals surface area contributed by atoms with Crippen LogP contribution in [0.4, 0.5) is 24.5 Å². The van der Waals surface area contributed by atoms with Crippen LogP contribution in [0.2, 0.25) is 0 Å². The number of sulfonamides is 1. The molecule has 2 N–H and O–H groups in total. The first kappa shape index (κ1) is 25.6. The van der Waals surface area contributed by atoms with E-state index in [0.717, 1.165) is 24.3 Å². The average molecular weight is 534 g/mol. The summed E-state index contributed by atoms with van der Waals surface area (Å²) in [4.78, 5) is 23.8. The molecule has 1 amide bonds. The van der Waals surface area contributed by atoms with E-state index in [1.807, 2.05) is 0 Å². The highest BCUT2D eigenvalue weighted by Gasteiger charge is 2.31. The van der Waals surface area contributed by atoms with Crippen molar-refractivity contribution in [3.8, 4) is 11.5 Å². The Morgan fingerprint density at radius 1 is 0.919 bits per heavy atom. The molecule has 1 heterocycles. The van der Waals surface area contributed by atoms with Gasteiger partial charge in [-0.1, -0.05) is 6.07 Å². The van der Waals surface area contributed by atoms with Crippen LogP contribution in [-0.2, 0) is 14.8 Å². The van der Waals surface area contributed by atoms with Gasteiger partial charge in [0.15, 0.2) is 12.0 Å². The first-order valence-electron chi connectivity index (χ1n) is 10.4. The molecule has 37 heavy (non-hydrogen) atoms. The van der Waals surface area contributed by atoms with Crippen molar-refractivity contribution >= 4 is 38.3 Å². The van der Waals surface area contributed by atoms with Gasteiger partial charge in [-0.15, -0.1) is 13.2 Å². The number of amides is 1. The molecule has 4 rings (SSSR count). The predicted octanol–water partition coefficient (Wildman–Crippen LogP) is 4.51. The normalized spacial score (nSPS) is 11.6. The van der Waals surface area contributed by atoms with Crippen molar-refractivity contribution in [2.24, 2.45) is 0 Å². The Bertz CT molecular complexity index is 1600. The number of nitrogens with one attached hydrogen (secondary N) is 2. The van der Waals surface area contributed by atoms with Crippen molar-refractivity contribution in [3.63, 3.8) is 0 Å². The van der Waals surface area contributed by atoms with Crippen molar-refractivity contribution < 1.29 is 40.3 Å². The van der Waals surface area contributed by atoms with Gasteiger partial charge in [0.05, 0.1) is 22.2 Å². The maximum absolute atomic E-state index is 12.6. The minimum absolute atomic E-state index is 0.0962. The monoisotopic (exact) mass is 534 g/mol. The molecule has 0 aliphatic carbocycles. The van der Waals surface area contributed by atoms with Crippen molar-refractivity contribution in [1.82, 2.24) is 0 Å². The van der Waals surface area contributed by atoms with E-state index in [2.05, 4.69) is 14.8 Å². The van der Waals surface area contributed by atoms with Crippen LogP contribution in [0.25, 0.3) is 11.0 Å². The largest absolute Gasteiger partial charge is 0.573 e. The van der Waals surface area contributed by atoms with Crippen LogP contribution in [0, 0.1) is 0 Å². The molecule has 0 unspecified atom stereocenters. The lowest BCUT2D eigenvalue weighted by atomic mass is 10.2. The SMILES string of the molecule is O=C(COc1ccc2c(=O)ccoc2c1)Nc1cccc(NS(=O)(=O)c2ccc(OC(F)(F)F)cc2)c1. The molecule has 9 nitrogen and oxygen atoms in total. The molecule has 0 spiro atoms. The smallest absolute Gasteiger partial charge is 0.484 e. The average Bonchev–Trinajstić information content (AvgIpc) is 2.82. The van der Waals surface area contributed by atoms with Crippen molar-refractivity contribution in [2.75, 3.05) is 16.6 Å². The summed E-state index contributed by atoms with van der Waals surface area (Å²) >= 11 is 0. The van der Waals surface area contributed by atoms with E-state index in [1.54, 1.807) is 0 Å². The van der Waals surface area contributed by atoms with E-state index < -0.39 is 28.0 Å². The Morgan fingerprint density at radius 3 is 2.35 bits per heavy atom. The molecule has 13 heteroatoms. The van der Waals surface area contributed by atoms with Crippen LogP contribution in [0.15, 0.2) is 93.2 Å². The Balaban J connectivity index is 1.37. The van der Waals surface area contributed by atoms with E-state index in [-0.39, 0.29) is 28.3 Å². The molecule has 0 saturated carbocycles. The molecular formula is C24H17F3N2O7S. The molecule has 4 aromatic rings. The van der Waals surface area contributed by atoms with Crippen LogP contribution in [0.1, 0.15) is 0 Å². The fraction of sp³-hybridized carbons (Fsp3) is 0.0833. The summed E-state index contributed by atoms with van der Waals surface area (Å²) in [6.07, 6.45) is -3.65. The van der Waals surface area contributed by atoms with Gasteiger partial charge in [-0.3, -0.25) is 14.3 Å². The number of halogens is 3. The molecule has 192 valence electrons. The number of alkyl halides is 3. The highest BCUT2D eigenvalue weighted by Crippen LogP contribution is 2.25. The molecule has 0 atom stereocenters. The van der Waals surface area contributed by atoms with Crippen molar-refractivity contribution in [3.05, 3.63) is 89.3 Å². The molecule has 0 aliphatic heterocycles. The van der Waals surface area contributed by atoms with Gasteiger partial charge in [0.25, 0.3) is 15.9 Å². The first-order chi connectivity index (χ1) is 17.5. The maximum Gasteiger partial charge on any atom is 0.573 e. The summed E-state index contributed by atoms with van der Waals surface area (Å²) in [5.74, 6) is -0.813. The van der Waals surface area contributed by atoms with E-state index in [1.165, 1.54) is 54.8 Å². The highest BCUT2D eigenvalue weighted by molar-refractivity contribution is 7.92. The lowest BCUT2D eigenvalue weighted by Gasteiger charge is -2.12. The molecule has 3 aromatic carbocycles. The molecule has 1 aromatic heterocycles. The van der Waals surface area contributed by atoms with Gasteiger partial charge in [-0.05, 0) is 54.6 Å². The van der Waals surface area contributed by atoms with Crippen molar-refractivity contribution in [1.29, 1.82) is 0 Å². The third kappa shape index (κ3) is 6.79. The Morgan fingerprint density at radius 2 is 1.62 bits per heavy atom. The third-order valence-corrected chi connectivity index (χ3v) is 6.17. The van der Waals surface area contributed by atoms with Crippen LogP contribution in [0.3, 0.4) is 0 Å². The first-order valence-corrected chi connectivity index (χ1v) is 11.9. The van der Waals surface area contributed by atoms with Gasteiger partial charge in [-0.2, -0.15) is 0 Å². The second-order valence-electron chi connectivity index (χ2n) is 7.49. The standard InChI is InChI=1S/C24H17F3N2O7S/c25-24(26,27)36-17-4-7-19(8-5-17)37(32,33)29-16-3-1-2-15(12-16)28-23(31)14-35-18-6-9-20-21(30)10-11-34-22(20)13-18/h1-13,29H,14H2,(H,28,31). The van der Waals surface area contributed by atoms with E-state index in [4.69, 9.17) is 9.15 Å². The molecule has 0 saturated heterocycles. The third-order valence-electron chi connectivity index (χ3n) is 4.77. The zero-order valence-corrected chi connectivity index (χ0v) is 19.4. The lowest BCUT2D eigenvalue weighted by Crippen LogP contribution is -2.20. The predicted molar refractivity (Wildman–Crippen MR) is 127 cm³/mol. The summed E-state index contributed by atoms with van der Waals surface area (Å²) in [6, 6.07) is 15.2. The quantitative estimate of drug-likeness (QED) is 0.341. The molecule has 0 bridgehead atoms. The topological polar surface area (TPSA) is 124 Å². The van der Waals surface area contributed by atoms with Gasteiger partial charge in [0, 0.05) is 17.8 Å². The van der Waals surface area contributed by atoms with E-state index in [9.17, 15) is 31.2 Å². The summed E-state index contributed by atoms with van der Waals surface area (Å²) in [6.45, 7) is -0.384. The number of carbonyl (C=O) groups excluding carboxylic acids is 1. The van der Waals surface area contributed by atoms with Gasteiger partial charge in [0.2, 0.25) is 0 Å². The second kappa shape index (κ2) is 10.2. The summed E-state index contributed by atoms with van der Waals surface area (Å²) < 4.78 is 78.8. The molecule has 0 radical (unpaired) electrons. The zero-order chi connectivity index (χ0) is 26.6. The summed E-state index contributed by atoms with van der Waals surface area (Å²) in [5, 5.41) is 2.92. The zero-order valence-electron chi connectivity index (χ0n) is 18.6. The second-order valence-corrected chi connectivity index (χ2v) is 9.17. The number of rotatable bonds is 8. The van der Waals surface area contributed by atoms with Crippen LogP contribution < -0.4 is 24.9 Å². The van der Waals surface area contributed by atoms with E-state index >= 15 is 0 Å². The summed E-state index contributed by atoms with van der Waals surface area (Å²) in [7, 11) is -4.14. The fourth-order valence-corrected chi connectivity index (χ4v) is 4.24. The maximum atomic E-state index is 12.6. The molecule has 0 aliphatic rings. The highest BCUT2D eigenvalue weighted by atomic mass is 32.2. The van der Waals surface area contributed by atoms with E-state index in [0.29, 0.717) is 16.7 Å². The Labute approximate surface area is 207 Å². The lowest BCUT2D eigenvalue weighted by molar-refractivity contribution is -0.274.